The highest BCUT2D eigenvalue weighted by molar-refractivity contribution is 6.30. The van der Waals surface area contributed by atoms with Gasteiger partial charge >= 0.3 is 12.0 Å². The second-order valence-corrected chi connectivity index (χ2v) is 5.00. The molecule has 0 fully saturated rings. The molecule has 0 N–H and O–H groups in total. The van der Waals surface area contributed by atoms with Crippen LogP contribution >= 0.6 is 11.6 Å². The molecule has 0 aliphatic carbocycles. The summed E-state index contributed by atoms with van der Waals surface area (Å²) in [5.41, 5.74) is 0.611. The number of aryl methyl sites for hydroxylation is 1. The Balaban J connectivity index is 1.95. The minimum absolute atomic E-state index is 0.0988. The van der Waals surface area contributed by atoms with Gasteiger partial charge < -0.3 is 9.47 Å². The summed E-state index contributed by atoms with van der Waals surface area (Å²) in [6, 6.07) is 3.54. The first-order valence-electron chi connectivity index (χ1n) is 6.91. The Kier molecular flexibility index (Phi) is 5.71. The van der Waals surface area contributed by atoms with Crippen LogP contribution in [0.1, 0.15) is 19.8 Å². The van der Waals surface area contributed by atoms with Gasteiger partial charge in [0.05, 0.1) is 11.6 Å². The fourth-order valence-electron chi connectivity index (χ4n) is 1.65. The van der Waals surface area contributed by atoms with E-state index in [4.69, 9.17) is 21.1 Å². The average Bonchev–Trinajstić information content (AvgIpc) is 2.87. The average molecular weight is 325 g/mol. The smallest absolute Gasteiger partial charge is 0.344 e. The molecule has 2 aromatic heterocycles. The number of pyridine rings is 1. The number of unbranched alkanes of at least 4 members (excludes halogenated alkanes) is 1. The molecular formula is C14H17ClN4O3. The molecule has 7 nitrogen and oxygen atoms in total. The molecule has 118 valence electrons. The zero-order valence-corrected chi connectivity index (χ0v) is 13.2. The van der Waals surface area contributed by atoms with E-state index in [-0.39, 0.29) is 12.6 Å². The third kappa shape index (κ3) is 4.42. The van der Waals surface area contributed by atoms with Crippen LogP contribution in [-0.2, 0) is 16.6 Å². The second kappa shape index (κ2) is 7.74. The first-order valence-corrected chi connectivity index (χ1v) is 7.29. The number of carbonyl (C=O) groups excluding carboxylic acids is 1. The summed E-state index contributed by atoms with van der Waals surface area (Å²) in [5.74, 6) is 0.0816. The van der Waals surface area contributed by atoms with E-state index in [1.807, 2.05) is 6.92 Å². The van der Waals surface area contributed by atoms with Crippen molar-refractivity contribution in [2.75, 3.05) is 13.2 Å². The van der Waals surface area contributed by atoms with E-state index in [0.717, 1.165) is 12.8 Å². The summed E-state index contributed by atoms with van der Waals surface area (Å²) < 4.78 is 11.7. The summed E-state index contributed by atoms with van der Waals surface area (Å²) in [7, 11) is 1.71. The Hall–Kier alpha value is -2.15. The van der Waals surface area contributed by atoms with Crippen molar-refractivity contribution < 1.29 is 14.3 Å². The first kappa shape index (κ1) is 16.2. The van der Waals surface area contributed by atoms with E-state index in [1.165, 1.54) is 10.9 Å². The molecule has 0 unspecified atom stereocenters. The zero-order valence-electron chi connectivity index (χ0n) is 12.5. The van der Waals surface area contributed by atoms with Crippen molar-refractivity contribution >= 4 is 17.6 Å². The number of carbonyl (C=O) groups is 1. The summed E-state index contributed by atoms with van der Waals surface area (Å²) in [6.45, 7) is 2.20. The third-order valence-electron chi connectivity index (χ3n) is 2.78. The van der Waals surface area contributed by atoms with E-state index in [1.54, 1.807) is 19.2 Å². The maximum Gasteiger partial charge on any atom is 0.344 e. The Morgan fingerprint density at radius 3 is 2.91 bits per heavy atom. The van der Waals surface area contributed by atoms with Crippen LogP contribution in [0.2, 0.25) is 5.02 Å². The predicted molar refractivity (Wildman–Crippen MR) is 80.6 cm³/mol. The van der Waals surface area contributed by atoms with Crippen LogP contribution in [0.25, 0.3) is 11.5 Å². The van der Waals surface area contributed by atoms with Gasteiger partial charge in [-0.1, -0.05) is 24.9 Å². The maximum absolute atomic E-state index is 11.5. The van der Waals surface area contributed by atoms with E-state index in [2.05, 4.69) is 15.1 Å². The molecule has 0 aromatic carbocycles. The lowest BCUT2D eigenvalue weighted by atomic mass is 10.3. The number of rotatable bonds is 7. The minimum atomic E-state index is -0.438. The molecule has 0 bridgehead atoms. The van der Waals surface area contributed by atoms with E-state index in [0.29, 0.717) is 23.1 Å². The number of aromatic nitrogens is 4. The van der Waals surface area contributed by atoms with Crippen molar-refractivity contribution in [3.63, 3.8) is 0 Å². The number of halogens is 1. The highest BCUT2D eigenvalue weighted by Gasteiger charge is 2.13. The van der Waals surface area contributed by atoms with E-state index in [9.17, 15) is 4.79 Å². The Morgan fingerprint density at radius 2 is 2.23 bits per heavy atom. The lowest BCUT2D eigenvalue weighted by Crippen LogP contribution is -2.16. The molecule has 8 heteroatoms. The molecule has 0 atom stereocenters. The van der Waals surface area contributed by atoms with Crippen LogP contribution in [-0.4, -0.2) is 38.9 Å². The molecule has 22 heavy (non-hydrogen) atoms. The van der Waals surface area contributed by atoms with Crippen LogP contribution in [0.3, 0.4) is 0 Å². The SMILES string of the molecule is CCCCOC(=O)COc1nc(-c2ccc(Cl)cn2)n(C)n1. The van der Waals surface area contributed by atoms with Crippen LogP contribution in [0.4, 0.5) is 0 Å². The molecule has 0 saturated heterocycles. The summed E-state index contributed by atoms with van der Waals surface area (Å²) >= 11 is 5.80. The van der Waals surface area contributed by atoms with E-state index < -0.39 is 5.97 Å². The lowest BCUT2D eigenvalue weighted by Gasteiger charge is -2.03. The molecule has 0 radical (unpaired) electrons. The van der Waals surface area contributed by atoms with Gasteiger partial charge in [0.2, 0.25) is 0 Å². The van der Waals surface area contributed by atoms with Crippen LogP contribution in [0, 0.1) is 0 Å². The standard InChI is InChI=1S/C14H17ClN4O3/c1-3-4-7-21-12(20)9-22-14-17-13(19(2)18-14)11-6-5-10(15)8-16-11/h5-6,8H,3-4,7,9H2,1-2H3. The summed E-state index contributed by atoms with van der Waals surface area (Å²) in [6.07, 6.45) is 3.32. The quantitative estimate of drug-likeness (QED) is 0.574. The van der Waals surface area contributed by atoms with Gasteiger partial charge in [-0.15, -0.1) is 5.10 Å². The van der Waals surface area contributed by atoms with Crippen molar-refractivity contribution in [1.82, 2.24) is 19.7 Å². The Labute approximate surface area is 133 Å². The number of hydrogen-bond acceptors (Lipinski definition) is 6. The Morgan fingerprint density at radius 1 is 1.41 bits per heavy atom. The summed E-state index contributed by atoms with van der Waals surface area (Å²) in [5, 5.41) is 4.62. The number of esters is 1. The topological polar surface area (TPSA) is 79.1 Å². The van der Waals surface area contributed by atoms with Crippen molar-refractivity contribution in [3.05, 3.63) is 23.4 Å². The van der Waals surface area contributed by atoms with E-state index >= 15 is 0 Å². The van der Waals surface area contributed by atoms with Gasteiger partial charge in [0.15, 0.2) is 12.4 Å². The fourth-order valence-corrected chi connectivity index (χ4v) is 1.76. The van der Waals surface area contributed by atoms with Gasteiger partial charge in [-0.25, -0.2) is 9.48 Å². The van der Waals surface area contributed by atoms with Crippen molar-refractivity contribution in [3.8, 4) is 17.5 Å². The second-order valence-electron chi connectivity index (χ2n) is 4.57. The number of nitrogens with zero attached hydrogens (tertiary/aromatic N) is 4. The number of hydrogen-bond donors (Lipinski definition) is 0. The predicted octanol–water partition coefficient (Wildman–Crippen LogP) is 2.25. The highest BCUT2D eigenvalue weighted by Crippen LogP contribution is 2.18. The van der Waals surface area contributed by atoms with Crippen LogP contribution < -0.4 is 4.74 Å². The van der Waals surface area contributed by atoms with Crippen molar-refractivity contribution in [2.24, 2.45) is 7.05 Å². The summed E-state index contributed by atoms with van der Waals surface area (Å²) in [4.78, 5) is 19.8. The first-order chi connectivity index (χ1) is 10.6. The van der Waals surface area contributed by atoms with Crippen molar-refractivity contribution in [2.45, 2.75) is 19.8 Å². The van der Waals surface area contributed by atoms with Crippen molar-refractivity contribution in [1.29, 1.82) is 0 Å². The molecule has 0 aliphatic rings. The molecule has 2 rings (SSSR count). The van der Waals surface area contributed by atoms with Crippen LogP contribution in [0.5, 0.6) is 6.01 Å². The van der Waals surface area contributed by atoms with Gasteiger partial charge in [-0.3, -0.25) is 4.98 Å². The Bertz CT molecular complexity index is 628. The molecule has 2 heterocycles. The normalized spacial score (nSPS) is 10.5. The monoisotopic (exact) mass is 324 g/mol. The fraction of sp³-hybridized carbons (Fsp3) is 0.429. The maximum atomic E-state index is 11.5. The van der Waals surface area contributed by atoms with Gasteiger partial charge in [-0.05, 0) is 18.6 Å². The van der Waals surface area contributed by atoms with Gasteiger partial charge in [0, 0.05) is 13.2 Å². The molecule has 0 aliphatic heterocycles. The van der Waals surface area contributed by atoms with Gasteiger partial charge in [0.1, 0.15) is 5.69 Å². The molecule has 0 amide bonds. The zero-order chi connectivity index (χ0) is 15.9. The molecule has 0 spiro atoms. The number of ether oxygens (including phenoxy) is 2. The van der Waals surface area contributed by atoms with Gasteiger partial charge in [-0.2, -0.15) is 4.98 Å². The minimum Gasteiger partial charge on any atom is -0.463 e. The molecular weight excluding hydrogens is 308 g/mol. The van der Waals surface area contributed by atoms with Crippen LogP contribution in [0.15, 0.2) is 18.3 Å². The third-order valence-corrected chi connectivity index (χ3v) is 3.00. The van der Waals surface area contributed by atoms with Gasteiger partial charge in [0.25, 0.3) is 0 Å². The molecule has 2 aromatic rings. The molecule has 0 saturated carbocycles. The largest absolute Gasteiger partial charge is 0.463 e. The highest BCUT2D eigenvalue weighted by atomic mass is 35.5. The lowest BCUT2D eigenvalue weighted by molar-refractivity contribution is -0.146.